The van der Waals surface area contributed by atoms with Gasteiger partial charge < -0.3 is 14.4 Å². The molecule has 1 aromatic carbocycles. The van der Waals surface area contributed by atoms with E-state index >= 15 is 0 Å². The third kappa shape index (κ3) is 2.05. The van der Waals surface area contributed by atoms with Crippen LogP contribution in [0.3, 0.4) is 0 Å². The minimum Gasteiger partial charge on any atom is -0.484 e. The Morgan fingerprint density at radius 3 is 3.00 bits per heavy atom. The molecule has 1 aliphatic heterocycles. The molecule has 5 heteroatoms. The summed E-state index contributed by atoms with van der Waals surface area (Å²) in [6.07, 6.45) is 6.11. The van der Waals surface area contributed by atoms with Crippen LogP contribution in [0.25, 0.3) is 0 Å². The van der Waals surface area contributed by atoms with E-state index in [4.69, 9.17) is 4.74 Å². The molecule has 2 aliphatic rings. The summed E-state index contributed by atoms with van der Waals surface area (Å²) >= 11 is 3.43. The van der Waals surface area contributed by atoms with Crippen LogP contribution in [0.4, 0.5) is 0 Å². The molecule has 2 atom stereocenters. The summed E-state index contributed by atoms with van der Waals surface area (Å²) in [6, 6.07) is 6.34. The van der Waals surface area contributed by atoms with E-state index < -0.39 is 6.10 Å². The number of hydrogen-bond acceptors (Lipinski definition) is 3. The van der Waals surface area contributed by atoms with Crippen molar-refractivity contribution in [2.24, 2.45) is 0 Å². The van der Waals surface area contributed by atoms with E-state index in [1.165, 1.54) is 12.8 Å². The van der Waals surface area contributed by atoms with Crippen molar-refractivity contribution in [1.82, 2.24) is 9.55 Å². The Morgan fingerprint density at radius 1 is 1.35 bits per heavy atom. The third-order valence-electron chi connectivity index (χ3n) is 4.00. The molecule has 1 unspecified atom stereocenters. The maximum atomic E-state index is 10.4. The fourth-order valence-electron chi connectivity index (χ4n) is 2.82. The number of aliphatic hydroxyl groups is 1. The molecule has 2 aromatic rings. The molecule has 104 valence electrons. The van der Waals surface area contributed by atoms with Gasteiger partial charge in [0.2, 0.25) is 0 Å². The van der Waals surface area contributed by atoms with Gasteiger partial charge in [-0.15, -0.1) is 0 Å². The molecule has 0 amide bonds. The smallest absolute Gasteiger partial charge is 0.143 e. The quantitative estimate of drug-likeness (QED) is 0.913. The van der Waals surface area contributed by atoms with Crippen LogP contribution in [0.1, 0.15) is 48.8 Å². The van der Waals surface area contributed by atoms with Crippen molar-refractivity contribution in [3.05, 3.63) is 46.5 Å². The van der Waals surface area contributed by atoms with Crippen LogP contribution in [0.15, 0.2) is 35.2 Å². The summed E-state index contributed by atoms with van der Waals surface area (Å²) in [5.74, 6) is 0.764. The van der Waals surface area contributed by atoms with Gasteiger partial charge in [0.25, 0.3) is 0 Å². The lowest BCUT2D eigenvalue weighted by molar-refractivity contribution is 0.0617. The van der Waals surface area contributed by atoms with Crippen LogP contribution in [-0.4, -0.2) is 14.7 Å². The second-order valence-electron chi connectivity index (χ2n) is 5.50. The van der Waals surface area contributed by atoms with Gasteiger partial charge in [-0.25, -0.2) is 4.98 Å². The van der Waals surface area contributed by atoms with Crippen LogP contribution < -0.4 is 4.74 Å². The van der Waals surface area contributed by atoms with Crippen molar-refractivity contribution < 1.29 is 9.84 Å². The predicted molar refractivity (Wildman–Crippen MR) is 77.6 cm³/mol. The van der Waals surface area contributed by atoms with E-state index in [1.54, 1.807) is 0 Å². The van der Waals surface area contributed by atoms with E-state index in [0.29, 0.717) is 12.5 Å². The lowest BCUT2D eigenvalue weighted by Gasteiger charge is -2.30. The molecule has 1 N–H and O–H groups in total. The lowest BCUT2D eigenvalue weighted by Crippen LogP contribution is -2.21. The summed E-state index contributed by atoms with van der Waals surface area (Å²) in [6.45, 7) is 0. The number of imidazole rings is 1. The molecule has 20 heavy (non-hydrogen) atoms. The Kier molecular flexibility index (Phi) is 2.86. The molecule has 1 aliphatic carbocycles. The number of nitrogens with zero attached hydrogens (tertiary/aromatic N) is 2. The van der Waals surface area contributed by atoms with Gasteiger partial charge >= 0.3 is 0 Å². The van der Waals surface area contributed by atoms with Gasteiger partial charge in [0.15, 0.2) is 0 Å². The largest absolute Gasteiger partial charge is 0.484 e. The zero-order chi connectivity index (χ0) is 13.7. The first-order valence-corrected chi connectivity index (χ1v) is 7.67. The maximum absolute atomic E-state index is 10.4. The standard InChI is InChI=1S/C15H15BrN2O2/c16-9-1-4-14-11(5-9)13(19)6-15(20-14)12-7-17-8-18(12)10-2-3-10/h1,4-5,7-8,10,13,15,19H,2-3,6H2/t13-,15?/m0/s1. The molecule has 1 saturated carbocycles. The van der Waals surface area contributed by atoms with Gasteiger partial charge in [-0.05, 0) is 31.0 Å². The minimum absolute atomic E-state index is 0.123. The summed E-state index contributed by atoms with van der Waals surface area (Å²) in [4.78, 5) is 4.25. The van der Waals surface area contributed by atoms with Crippen molar-refractivity contribution >= 4 is 15.9 Å². The summed E-state index contributed by atoms with van der Waals surface area (Å²) < 4.78 is 9.23. The molecule has 0 spiro atoms. The highest BCUT2D eigenvalue weighted by Crippen LogP contribution is 2.44. The molecule has 0 radical (unpaired) electrons. The van der Waals surface area contributed by atoms with Crippen molar-refractivity contribution in [2.75, 3.05) is 0 Å². The maximum Gasteiger partial charge on any atom is 0.143 e. The topological polar surface area (TPSA) is 47.3 Å². The number of ether oxygens (including phenoxy) is 1. The van der Waals surface area contributed by atoms with Gasteiger partial charge in [0.1, 0.15) is 11.9 Å². The highest BCUT2D eigenvalue weighted by molar-refractivity contribution is 9.10. The molecule has 4 nitrogen and oxygen atoms in total. The monoisotopic (exact) mass is 334 g/mol. The number of benzene rings is 1. The van der Waals surface area contributed by atoms with E-state index in [2.05, 4.69) is 25.5 Å². The zero-order valence-electron chi connectivity index (χ0n) is 10.9. The van der Waals surface area contributed by atoms with Crippen molar-refractivity contribution in [2.45, 2.75) is 37.5 Å². The fraction of sp³-hybridized carbons (Fsp3) is 0.400. The number of aromatic nitrogens is 2. The Labute approximate surface area is 125 Å². The fourth-order valence-corrected chi connectivity index (χ4v) is 3.20. The van der Waals surface area contributed by atoms with Crippen molar-refractivity contribution in [3.63, 3.8) is 0 Å². The molecule has 4 rings (SSSR count). The van der Waals surface area contributed by atoms with E-state index in [9.17, 15) is 5.11 Å². The first-order valence-electron chi connectivity index (χ1n) is 6.88. The summed E-state index contributed by atoms with van der Waals surface area (Å²) in [7, 11) is 0. The molecule has 1 fully saturated rings. The highest BCUT2D eigenvalue weighted by atomic mass is 79.9. The van der Waals surface area contributed by atoms with Crippen molar-refractivity contribution in [3.8, 4) is 5.75 Å². The van der Waals surface area contributed by atoms with E-state index in [1.807, 2.05) is 30.7 Å². The van der Waals surface area contributed by atoms with E-state index in [-0.39, 0.29) is 6.10 Å². The predicted octanol–water partition coefficient (Wildman–Crippen LogP) is 3.54. The van der Waals surface area contributed by atoms with Gasteiger partial charge in [0, 0.05) is 22.5 Å². The molecular formula is C15H15BrN2O2. The zero-order valence-corrected chi connectivity index (χ0v) is 12.5. The third-order valence-corrected chi connectivity index (χ3v) is 4.50. The minimum atomic E-state index is -0.496. The summed E-state index contributed by atoms with van der Waals surface area (Å²) in [5.41, 5.74) is 1.92. The lowest BCUT2D eigenvalue weighted by atomic mass is 9.97. The normalized spacial score (nSPS) is 25.1. The Hall–Kier alpha value is -1.33. The second kappa shape index (κ2) is 4.60. The Bertz CT molecular complexity index is 651. The molecule has 1 aromatic heterocycles. The van der Waals surface area contributed by atoms with Crippen LogP contribution in [0.2, 0.25) is 0 Å². The molecular weight excluding hydrogens is 320 g/mol. The Balaban J connectivity index is 1.68. The van der Waals surface area contributed by atoms with Crippen molar-refractivity contribution in [1.29, 1.82) is 0 Å². The number of fused-ring (bicyclic) bond motifs is 1. The van der Waals surface area contributed by atoms with Crippen LogP contribution in [-0.2, 0) is 0 Å². The molecule has 0 saturated heterocycles. The molecule has 0 bridgehead atoms. The van der Waals surface area contributed by atoms with Crippen LogP contribution >= 0.6 is 15.9 Å². The van der Waals surface area contributed by atoms with Crippen LogP contribution in [0, 0.1) is 0 Å². The number of halogens is 1. The number of hydrogen-bond donors (Lipinski definition) is 1. The van der Waals surface area contributed by atoms with E-state index in [0.717, 1.165) is 21.5 Å². The van der Waals surface area contributed by atoms with Gasteiger partial charge in [-0.3, -0.25) is 0 Å². The second-order valence-corrected chi connectivity index (χ2v) is 6.41. The van der Waals surface area contributed by atoms with Gasteiger partial charge in [-0.2, -0.15) is 0 Å². The first kappa shape index (κ1) is 12.4. The average molecular weight is 335 g/mol. The Morgan fingerprint density at radius 2 is 2.20 bits per heavy atom. The molecule has 2 heterocycles. The first-order chi connectivity index (χ1) is 9.72. The summed E-state index contributed by atoms with van der Waals surface area (Å²) in [5, 5.41) is 10.4. The highest BCUT2D eigenvalue weighted by Gasteiger charge is 2.33. The van der Waals surface area contributed by atoms with Gasteiger partial charge in [0.05, 0.1) is 24.3 Å². The SMILES string of the molecule is O[C@H]1CC(c2cncn2C2CC2)Oc2ccc(Br)cc21. The van der Waals surface area contributed by atoms with Crippen LogP contribution in [0.5, 0.6) is 5.75 Å². The number of aliphatic hydroxyl groups excluding tert-OH is 1. The average Bonchev–Trinajstić information content (AvgIpc) is 3.17. The van der Waals surface area contributed by atoms with Gasteiger partial charge in [-0.1, -0.05) is 15.9 Å². The number of rotatable bonds is 2.